The third-order valence-electron chi connectivity index (χ3n) is 8.50. The normalized spacial score (nSPS) is 22.0. The van der Waals surface area contributed by atoms with Crippen molar-refractivity contribution in [3.8, 4) is 0 Å². The predicted octanol–water partition coefficient (Wildman–Crippen LogP) is 4.64. The summed E-state index contributed by atoms with van der Waals surface area (Å²) < 4.78 is 31.6. The zero-order chi connectivity index (χ0) is 29.6. The van der Waals surface area contributed by atoms with E-state index in [1.54, 1.807) is 30.2 Å². The van der Waals surface area contributed by atoms with Crippen molar-refractivity contribution in [1.29, 1.82) is 0 Å². The van der Waals surface area contributed by atoms with Crippen LogP contribution in [0.2, 0.25) is 0 Å². The van der Waals surface area contributed by atoms with Crippen LogP contribution in [-0.2, 0) is 21.4 Å². The minimum Gasteiger partial charge on any atom is -0.445 e. The summed E-state index contributed by atoms with van der Waals surface area (Å²) in [5.41, 5.74) is 1.93. The molecule has 0 bridgehead atoms. The maximum absolute atomic E-state index is 13.0. The Hall–Kier alpha value is -3.28. The first-order chi connectivity index (χ1) is 19.6. The van der Waals surface area contributed by atoms with E-state index in [2.05, 4.69) is 23.6 Å². The summed E-state index contributed by atoms with van der Waals surface area (Å²) in [7, 11) is -1.59. The fourth-order valence-electron chi connectivity index (χ4n) is 6.17. The molecular formula is C30H40N4O6S. The first-order valence-electron chi connectivity index (χ1n) is 14.0. The number of nitro groups is 1. The molecule has 1 aliphatic carbocycles. The van der Waals surface area contributed by atoms with Crippen LogP contribution in [0.4, 0.5) is 10.5 Å². The summed E-state index contributed by atoms with van der Waals surface area (Å²) >= 11 is 0. The average Bonchev–Trinajstić information content (AvgIpc) is 3.38. The summed E-state index contributed by atoms with van der Waals surface area (Å²) in [5.74, 6) is 0.619. The van der Waals surface area contributed by atoms with E-state index in [4.69, 9.17) is 4.74 Å². The van der Waals surface area contributed by atoms with E-state index >= 15 is 0 Å². The van der Waals surface area contributed by atoms with Gasteiger partial charge in [0, 0.05) is 57.4 Å². The monoisotopic (exact) mass is 584 g/mol. The molecule has 222 valence electrons. The van der Waals surface area contributed by atoms with Crippen LogP contribution in [0.3, 0.4) is 0 Å². The van der Waals surface area contributed by atoms with Gasteiger partial charge in [-0.05, 0) is 60.8 Å². The van der Waals surface area contributed by atoms with Gasteiger partial charge >= 0.3 is 6.09 Å². The summed E-state index contributed by atoms with van der Waals surface area (Å²) in [6.07, 6.45) is 5.78. The molecule has 3 atom stereocenters. The first-order valence-corrected chi connectivity index (χ1v) is 15.9. The van der Waals surface area contributed by atoms with Gasteiger partial charge in [0.15, 0.2) is 0 Å². The van der Waals surface area contributed by atoms with Gasteiger partial charge in [0.2, 0.25) is 10.0 Å². The SMILES string of the molecule is C=CCN(C(=O)OCc1ccc([N+](=O)[O-])cc1)C1CCN(C[C@H]2C[C@H](N(C)S(C)(=O)=O)C[C@@H]2c2ccccc2)CC1. The van der Waals surface area contributed by atoms with Gasteiger partial charge in [-0.25, -0.2) is 17.5 Å². The van der Waals surface area contributed by atoms with E-state index in [0.717, 1.165) is 45.3 Å². The Morgan fingerprint density at radius 3 is 2.34 bits per heavy atom. The standard InChI is InChI=1S/C30H40N4O6S/c1-4-16-33(30(35)40-22-23-10-12-27(13-11-23)34(36)37)26-14-17-32(18-15-26)21-25-19-28(31(2)41(3,38)39)20-29(25)24-8-6-5-7-9-24/h4-13,25-26,28-29H,1,14-22H2,2-3H3/t25-,28+,29-/m1/s1. The molecule has 0 aromatic heterocycles. The molecule has 2 aromatic rings. The lowest BCUT2D eigenvalue weighted by molar-refractivity contribution is -0.384. The molecular weight excluding hydrogens is 544 g/mol. The molecule has 1 heterocycles. The first kappa shape index (κ1) is 30.7. The van der Waals surface area contributed by atoms with Crippen molar-refractivity contribution < 1.29 is 22.9 Å². The summed E-state index contributed by atoms with van der Waals surface area (Å²) in [6, 6.07) is 16.3. The molecule has 10 nitrogen and oxygen atoms in total. The third kappa shape index (κ3) is 7.93. The van der Waals surface area contributed by atoms with Crippen LogP contribution < -0.4 is 0 Å². The van der Waals surface area contributed by atoms with Crippen LogP contribution >= 0.6 is 0 Å². The fourth-order valence-corrected chi connectivity index (χ4v) is 6.89. The molecule has 11 heteroatoms. The fraction of sp³-hybridized carbons (Fsp3) is 0.500. The van der Waals surface area contributed by atoms with Crippen LogP contribution in [0.15, 0.2) is 67.3 Å². The number of hydrogen-bond donors (Lipinski definition) is 0. The van der Waals surface area contributed by atoms with Gasteiger partial charge in [0.25, 0.3) is 5.69 Å². The third-order valence-corrected chi connectivity index (χ3v) is 9.84. The lowest BCUT2D eigenvalue weighted by atomic mass is 9.88. The number of ether oxygens (including phenoxy) is 1. The van der Waals surface area contributed by atoms with Gasteiger partial charge in [-0.2, -0.15) is 0 Å². The van der Waals surface area contributed by atoms with Crippen LogP contribution in [-0.4, -0.2) is 85.1 Å². The molecule has 1 aliphatic heterocycles. The molecule has 2 aromatic carbocycles. The number of carbonyl (C=O) groups is 1. The number of likely N-dealkylation sites (tertiary alicyclic amines) is 1. The number of amides is 1. The Morgan fingerprint density at radius 1 is 1.10 bits per heavy atom. The van der Waals surface area contributed by atoms with E-state index in [0.29, 0.717) is 18.0 Å². The van der Waals surface area contributed by atoms with Crippen molar-refractivity contribution in [2.75, 3.05) is 39.5 Å². The number of non-ortho nitro benzene ring substituents is 1. The number of rotatable bonds is 11. The maximum atomic E-state index is 13.0. The maximum Gasteiger partial charge on any atom is 0.410 e. The highest BCUT2D eigenvalue weighted by Crippen LogP contribution is 2.42. The van der Waals surface area contributed by atoms with Gasteiger partial charge < -0.3 is 14.5 Å². The number of nitrogens with zero attached hydrogens (tertiary/aromatic N) is 4. The molecule has 0 spiro atoms. The zero-order valence-electron chi connectivity index (χ0n) is 23.8. The van der Waals surface area contributed by atoms with E-state index in [9.17, 15) is 23.3 Å². The highest BCUT2D eigenvalue weighted by Gasteiger charge is 2.40. The van der Waals surface area contributed by atoms with E-state index in [-0.39, 0.29) is 30.3 Å². The van der Waals surface area contributed by atoms with Gasteiger partial charge in [0.05, 0.1) is 11.2 Å². The van der Waals surface area contributed by atoms with Crippen LogP contribution in [0.25, 0.3) is 0 Å². The molecule has 2 aliphatic rings. The second-order valence-electron chi connectivity index (χ2n) is 11.1. The second-order valence-corrected chi connectivity index (χ2v) is 13.2. The number of benzene rings is 2. The molecule has 0 N–H and O–H groups in total. The lowest BCUT2D eigenvalue weighted by Gasteiger charge is -2.39. The van der Waals surface area contributed by atoms with Crippen molar-refractivity contribution in [2.24, 2.45) is 5.92 Å². The molecule has 1 saturated carbocycles. The van der Waals surface area contributed by atoms with E-state index in [1.807, 2.05) is 18.2 Å². The largest absolute Gasteiger partial charge is 0.445 e. The minimum atomic E-state index is -3.27. The van der Waals surface area contributed by atoms with Gasteiger partial charge in [-0.15, -0.1) is 6.58 Å². The average molecular weight is 585 g/mol. The summed E-state index contributed by atoms with van der Waals surface area (Å²) in [6.45, 7) is 6.77. The second kappa shape index (κ2) is 13.6. The number of sulfonamides is 1. The highest BCUT2D eigenvalue weighted by atomic mass is 32.2. The number of carbonyl (C=O) groups excluding carboxylic acids is 1. The van der Waals surface area contributed by atoms with Crippen molar-refractivity contribution in [3.63, 3.8) is 0 Å². The van der Waals surface area contributed by atoms with E-state index < -0.39 is 21.0 Å². The molecule has 2 fully saturated rings. The summed E-state index contributed by atoms with van der Waals surface area (Å²) in [4.78, 5) is 27.6. The van der Waals surface area contributed by atoms with Crippen molar-refractivity contribution in [2.45, 2.75) is 50.3 Å². The smallest absolute Gasteiger partial charge is 0.410 e. The number of nitro benzene ring substituents is 1. The molecule has 1 saturated heterocycles. The van der Waals surface area contributed by atoms with Gasteiger partial charge in [-0.1, -0.05) is 36.4 Å². The highest BCUT2D eigenvalue weighted by molar-refractivity contribution is 7.88. The van der Waals surface area contributed by atoms with E-state index in [1.165, 1.54) is 28.3 Å². The Kier molecular flexibility index (Phi) is 10.2. The molecule has 1 amide bonds. The Balaban J connectivity index is 1.34. The Morgan fingerprint density at radius 2 is 1.76 bits per heavy atom. The molecule has 0 radical (unpaired) electrons. The van der Waals surface area contributed by atoms with Crippen LogP contribution in [0, 0.1) is 16.0 Å². The van der Waals surface area contributed by atoms with Crippen molar-refractivity contribution >= 4 is 21.8 Å². The van der Waals surface area contributed by atoms with Gasteiger partial charge in [-0.3, -0.25) is 10.1 Å². The van der Waals surface area contributed by atoms with Crippen molar-refractivity contribution in [1.82, 2.24) is 14.1 Å². The predicted molar refractivity (Wildman–Crippen MR) is 158 cm³/mol. The van der Waals surface area contributed by atoms with Crippen LogP contribution in [0.5, 0.6) is 0 Å². The number of piperidine rings is 1. The Bertz CT molecular complexity index is 1300. The quantitative estimate of drug-likeness (QED) is 0.215. The molecule has 4 rings (SSSR count). The molecule has 41 heavy (non-hydrogen) atoms. The van der Waals surface area contributed by atoms with Crippen LogP contribution in [0.1, 0.15) is 42.7 Å². The van der Waals surface area contributed by atoms with Crippen molar-refractivity contribution in [3.05, 3.63) is 88.5 Å². The topological polar surface area (TPSA) is 113 Å². The zero-order valence-corrected chi connectivity index (χ0v) is 24.6. The Labute approximate surface area is 242 Å². The molecule has 0 unspecified atom stereocenters. The lowest BCUT2D eigenvalue weighted by Crippen LogP contribution is -2.48. The van der Waals surface area contributed by atoms with Gasteiger partial charge in [0.1, 0.15) is 6.61 Å². The minimum absolute atomic E-state index is 0.00856. The number of hydrogen-bond acceptors (Lipinski definition) is 7. The summed E-state index contributed by atoms with van der Waals surface area (Å²) in [5, 5.41) is 10.9.